The van der Waals surface area contributed by atoms with Gasteiger partial charge < -0.3 is 10.6 Å². The molecule has 2 unspecified atom stereocenters. The van der Waals surface area contributed by atoms with Crippen molar-refractivity contribution >= 4 is 5.91 Å². The normalized spacial score (nSPS) is 14.6. The Morgan fingerprint density at radius 1 is 1.38 bits per heavy atom. The van der Waals surface area contributed by atoms with Gasteiger partial charge in [-0.3, -0.25) is 4.79 Å². The fraction of sp³-hybridized carbons (Fsp3) is 0.923. The summed E-state index contributed by atoms with van der Waals surface area (Å²) >= 11 is 0. The Balaban J connectivity index is 4.08. The van der Waals surface area contributed by atoms with E-state index in [0.717, 1.165) is 6.42 Å². The van der Waals surface area contributed by atoms with Gasteiger partial charge in [0.25, 0.3) is 0 Å². The van der Waals surface area contributed by atoms with Crippen molar-refractivity contribution in [3.63, 3.8) is 0 Å². The highest BCUT2D eigenvalue weighted by Gasteiger charge is 2.18. The fourth-order valence-electron chi connectivity index (χ4n) is 1.74. The smallest absolute Gasteiger partial charge is 0.222 e. The number of hydrogen-bond donors (Lipinski definition) is 1. The summed E-state index contributed by atoms with van der Waals surface area (Å²) < 4.78 is 0. The number of nitrogens with two attached hydrogens (primary N) is 1. The van der Waals surface area contributed by atoms with Crippen molar-refractivity contribution in [2.45, 2.75) is 58.9 Å². The lowest BCUT2D eigenvalue weighted by Crippen LogP contribution is -2.40. The predicted octanol–water partition coefficient (Wildman–Crippen LogP) is 2.40. The van der Waals surface area contributed by atoms with Crippen molar-refractivity contribution in [3.8, 4) is 0 Å². The first-order chi connectivity index (χ1) is 7.56. The Morgan fingerprint density at radius 3 is 2.44 bits per heavy atom. The molecule has 0 aromatic rings. The second kappa shape index (κ2) is 8.57. The SMILES string of the molecule is CCCCC(CC)CC(=O)N(C)C(C)CN. The zero-order chi connectivity index (χ0) is 12.6. The fourth-order valence-corrected chi connectivity index (χ4v) is 1.74. The van der Waals surface area contributed by atoms with Gasteiger partial charge in [-0.05, 0) is 19.3 Å². The summed E-state index contributed by atoms with van der Waals surface area (Å²) in [6, 6.07) is 0.149. The molecule has 0 aliphatic rings. The molecule has 0 radical (unpaired) electrons. The topological polar surface area (TPSA) is 46.3 Å². The van der Waals surface area contributed by atoms with Crippen molar-refractivity contribution in [2.75, 3.05) is 13.6 Å². The molecule has 0 bridgehead atoms. The monoisotopic (exact) mass is 228 g/mol. The van der Waals surface area contributed by atoms with E-state index in [-0.39, 0.29) is 11.9 Å². The van der Waals surface area contributed by atoms with E-state index in [1.54, 1.807) is 4.90 Å². The molecule has 0 fully saturated rings. The number of amides is 1. The summed E-state index contributed by atoms with van der Waals surface area (Å²) in [6.07, 6.45) is 5.37. The van der Waals surface area contributed by atoms with Crippen LogP contribution in [0.3, 0.4) is 0 Å². The average Bonchev–Trinajstić information content (AvgIpc) is 2.31. The van der Waals surface area contributed by atoms with Crippen molar-refractivity contribution in [2.24, 2.45) is 11.7 Å². The van der Waals surface area contributed by atoms with E-state index in [0.29, 0.717) is 18.9 Å². The maximum atomic E-state index is 11.9. The largest absolute Gasteiger partial charge is 0.342 e. The van der Waals surface area contributed by atoms with Gasteiger partial charge in [0.15, 0.2) is 0 Å². The van der Waals surface area contributed by atoms with Gasteiger partial charge in [-0.1, -0.05) is 33.1 Å². The molecule has 0 rings (SSSR count). The Bertz CT molecular complexity index is 194. The highest BCUT2D eigenvalue weighted by atomic mass is 16.2. The minimum atomic E-state index is 0.149. The second-order valence-electron chi connectivity index (χ2n) is 4.71. The third kappa shape index (κ3) is 5.50. The van der Waals surface area contributed by atoms with Crippen molar-refractivity contribution in [3.05, 3.63) is 0 Å². The predicted molar refractivity (Wildman–Crippen MR) is 69.2 cm³/mol. The van der Waals surface area contributed by atoms with E-state index < -0.39 is 0 Å². The molecule has 0 aliphatic carbocycles. The highest BCUT2D eigenvalue weighted by molar-refractivity contribution is 5.76. The van der Waals surface area contributed by atoms with E-state index >= 15 is 0 Å². The van der Waals surface area contributed by atoms with Crippen LogP contribution in [0.15, 0.2) is 0 Å². The number of unbranched alkanes of at least 4 members (excludes halogenated alkanes) is 1. The third-order valence-corrected chi connectivity index (χ3v) is 3.40. The molecule has 16 heavy (non-hydrogen) atoms. The van der Waals surface area contributed by atoms with Gasteiger partial charge in [0.2, 0.25) is 5.91 Å². The van der Waals surface area contributed by atoms with Gasteiger partial charge in [0.05, 0.1) is 0 Å². The molecule has 0 aliphatic heterocycles. The van der Waals surface area contributed by atoms with Crippen LogP contribution in [0.5, 0.6) is 0 Å². The summed E-state index contributed by atoms with van der Waals surface area (Å²) in [5.41, 5.74) is 5.56. The van der Waals surface area contributed by atoms with Crippen LogP contribution < -0.4 is 5.73 Å². The van der Waals surface area contributed by atoms with Crippen molar-refractivity contribution in [1.29, 1.82) is 0 Å². The number of hydrogen-bond acceptors (Lipinski definition) is 2. The molecule has 0 spiro atoms. The molecule has 2 N–H and O–H groups in total. The van der Waals surface area contributed by atoms with Crippen LogP contribution in [0, 0.1) is 5.92 Å². The molecule has 0 aromatic carbocycles. The standard InChI is InChI=1S/C13H28N2O/c1-5-7-8-12(6-2)9-13(16)15(4)11(3)10-14/h11-12H,5-10,14H2,1-4H3. The lowest BCUT2D eigenvalue weighted by atomic mass is 9.95. The van der Waals surface area contributed by atoms with Crippen LogP contribution >= 0.6 is 0 Å². The molecular weight excluding hydrogens is 200 g/mol. The molecular formula is C13H28N2O. The van der Waals surface area contributed by atoms with E-state index in [1.165, 1.54) is 19.3 Å². The van der Waals surface area contributed by atoms with Gasteiger partial charge >= 0.3 is 0 Å². The first kappa shape index (κ1) is 15.4. The van der Waals surface area contributed by atoms with Gasteiger partial charge in [-0.25, -0.2) is 0 Å². The number of nitrogens with zero attached hydrogens (tertiary/aromatic N) is 1. The van der Waals surface area contributed by atoms with Crippen LogP contribution in [0.4, 0.5) is 0 Å². The maximum Gasteiger partial charge on any atom is 0.222 e. The third-order valence-electron chi connectivity index (χ3n) is 3.40. The Hall–Kier alpha value is -0.570. The number of rotatable bonds is 8. The van der Waals surface area contributed by atoms with Gasteiger partial charge in [-0.2, -0.15) is 0 Å². The maximum absolute atomic E-state index is 11.9. The van der Waals surface area contributed by atoms with E-state index in [4.69, 9.17) is 5.73 Å². The van der Waals surface area contributed by atoms with E-state index in [9.17, 15) is 4.79 Å². The number of carbonyl (C=O) groups excluding carboxylic acids is 1. The summed E-state index contributed by atoms with van der Waals surface area (Å²) in [6.45, 7) is 6.88. The molecule has 3 nitrogen and oxygen atoms in total. The van der Waals surface area contributed by atoms with Gasteiger partial charge in [0, 0.05) is 26.1 Å². The highest BCUT2D eigenvalue weighted by Crippen LogP contribution is 2.18. The van der Waals surface area contributed by atoms with Crippen LogP contribution in [-0.2, 0) is 4.79 Å². The Morgan fingerprint density at radius 2 is 2.00 bits per heavy atom. The Labute approximate surface area is 100 Å². The quantitative estimate of drug-likeness (QED) is 0.693. The van der Waals surface area contributed by atoms with Crippen LogP contribution in [0.2, 0.25) is 0 Å². The molecule has 96 valence electrons. The van der Waals surface area contributed by atoms with Gasteiger partial charge in [-0.15, -0.1) is 0 Å². The molecule has 0 saturated carbocycles. The minimum Gasteiger partial charge on any atom is -0.342 e. The summed E-state index contributed by atoms with van der Waals surface area (Å²) in [5, 5.41) is 0. The van der Waals surface area contributed by atoms with Gasteiger partial charge in [0.1, 0.15) is 0 Å². The van der Waals surface area contributed by atoms with Crippen LogP contribution in [0.25, 0.3) is 0 Å². The molecule has 1 amide bonds. The molecule has 0 saturated heterocycles. The average molecular weight is 228 g/mol. The summed E-state index contributed by atoms with van der Waals surface area (Å²) in [7, 11) is 1.85. The van der Waals surface area contributed by atoms with Crippen molar-refractivity contribution in [1.82, 2.24) is 4.90 Å². The lowest BCUT2D eigenvalue weighted by Gasteiger charge is -2.25. The van der Waals surface area contributed by atoms with Crippen LogP contribution in [0.1, 0.15) is 52.9 Å². The van der Waals surface area contributed by atoms with E-state index in [1.807, 2.05) is 14.0 Å². The molecule has 0 heterocycles. The van der Waals surface area contributed by atoms with Crippen molar-refractivity contribution < 1.29 is 4.79 Å². The summed E-state index contributed by atoms with van der Waals surface area (Å²) in [4.78, 5) is 13.7. The lowest BCUT2D eigenvalue weighted by molar-refractivity contribution is -0.132. The first-order valence-corrected chi connectivity index (χ1v) is 6.52. The molecule has 3 heteroatoms. The van der Waals surface area contributed by atoms with Crippen LogP contribution in [-0.4, -0.2) is 30.4 Å². The number of carbonyl (C=O) groups is 1. The zero-order valence-electron chi connectivity index (χ0n) is 11.3. The molecule has 0 aromatic heterocycles. The zero-order valence-corrected chi connectivity index (χ0v) is 11.3. The van der Waals surface area contributed by atoms with E-state index in [2.05, 4.69) is 13.8 Å². The number of likely N-dealkylation sites (N-methyl/N-ethyl adjacent to an activating group) is 1. The first-order valence-electron chi connectivity index (χ1n) is 6.52. The Kier molecular flexibility index (Phi) is 8.26. The minimum absolute atomic E-state index is 0.149. The summed E-state index contributed by atoms with van der Waals surface area (Å²) in [5.74, 6) is 0.778. The molecule has 2 atom stereocenters. The second-order valence-corrected chi connectivity index (χ2v) is 4.71.